The van der Waals surface area contributed by atoms with E-state index in [9.17, 15) is 4.79 Å². The molecule has 0 saturated heterocycles. The molecule has 0 aromatic heterocycles. The van der Waals surface area contributed by atoms with Gasteiger partial charge in [-0.1, -0.05) is 12.1 Å². The molecule has 12 heavy (non-hydrogen) atoms. The SMILES string of the molecule is COC(=O)Oc1ccccc1I. The highest BCUT2D eigenvalue weighted by molar-refractivity contribution is 14.1. The van der Waals surface area contributed by atoms with Gasteiger partial charge < -0.3 is 9.47 Å². The van der Waals surface area contributed by atoms with Crippen LogP contribution in [0.5, 0.6) is 5.75 Å². The van der Waals surface area contributed by atoms with Crippen molar-refractivity contribution in [3.05, 3.63) is 27.8 Å². The highest BCUT2D eigenvalue weighted by atomic mass is 127. The lowest BCUT2D eigenvalue weighted by Crippen LogP contribution is -2.07. The van der Waals surface area contributed by atoms with Crippen LogP contribution in [0.15, 0.2) is 24.3 Å². The maximum atomic E-state index is 10.7. The minimum absolute atomic E-state index is 0.518. The van der Waals surface area contributed by atoms with E-state index in [1.54, 1.807) is 12.1 Å². The standard InChI is InChI=1S/C8H7IO3/c1-11-8(10)12-7-5-3-2-4-6(7)9/h2-5H,1H3. The number of hydrogen-bond donors (Lipinski definition) is 0. The lowest BCUT2D eigenvalue weighted by atomic mass is 10.3. The number of carbonyl (C=O) groups is 1. The molecule has 0 bridgehead atoms. The number of benzene rings is 1. The molecule has 4 heteroatoms. The van der Waals surface area contributed by atoms with Crippen LogP contribution in [0.25, 0.3) is 0 Å². The molecule has 0 aliphatic heterocycles. The van der Waals surface area contributed by atoms with Crippen LogP contribution >= 0.6 is 22.6 Å². The average Bonchev–Trinajstić information content (AvgIpc) is 2.09. The van der Waals surface area contributed by atoms with Gasteiger partial charge in [-0.25, -0.2) is 4.79 Å². The summed E-state index contributed by atoms with van der Waals surface area (Å²) in [5, 5.41) is 0. The maximum absolute atomic E-state index is 10.7. The average molecular weight is 278 g/mol. The van der Waals surface area contributed by atoms with Gasteiger partial charge in [-0.15, -0.1) is 0 Å². The molecule has 3 nitrogen and oxygen atoms in total. The Balaban J connectivity index is 2.75. The van der Waals surface area contributed by atoms with Crippen LogP contribution in [-0.2, 0) is 4.74 Å². The van der Waals surface area contributed by atoms with Crippen LogP contribution in [0.4, 0.5) is 4.79 Å². The first-order chi connectivity index (χ1) is 5.74. The lowest BCUT2D eigenvalue weighted by Gasteiger charge is -2.03. The fourth-order valence-corrected chi connectivity index (χ4v) is 1.16. The van der Waals surface area contributed by atoms with Crippen LogP contribution in [0.1, 0.15) is 0 Å². The normalized spacial score (nSPS) is 9.17. The second kappa shape index (κ2) is 4.30. The van der Waals surface area contributed by atoms with Crippen molar-refractivity contribution >= 4 is 28.7 Å². The Morgan fingerprint density at radius 1 is 1.42 bits per heavy atom. The minimum Gasteiger partial charge on any atom is -0.437 e. The van der Waals surface area contributed by atoms with E-state index < -0.39 is 6.16 Å². The van der Waals surface area contributed by atoms with Gasteiger partial charge in [0.25, 0.3) is 0 Å². The predicted molar refractivity (Wildman–Crippen MR) is 52.2 cm³/mol. The molecule has 0 N–H and O–H groups in total. The van der Waals surface area contributed by atoms with Gasteiger partial charge in [0.1, 0.15) is 5.75 Å². The number of hydrogen-bond acceptors (Lipinski definition) is 3. The Labute approximate surface area is 83.8 Å². The Morgan fingerprint density at radius 2 is 2.08 bits per heavy atom. The number of halogens is 1. The molecule has 0 atom stereocenters. The Bertz CT molecular complexity index is 285. The van der Waals surface area contributed by atoms with E-state index in [2.05, 4.69) is 27.3 Å². The summed E-state index contributed by atoms with van der Waals surface area (Å²) < 4.78 is 10.0. The van der Waals surface area contributed by atoms with Crippen molar-refractivity contribution in [2.24, 2.45) is 0 Å². The van der Waals surface area contributed by atoms with Gasteiger partial charge >= 0.3 is 6.16 Å². The molecule has 0 spiro atoms. The van der Waals surface area contributed by atoms with Crippen molar-refractivity contribution in [3.8, 4) is 5.75 Å². The molecule has 0 radical (unpaired) electrons. The molecule has 0 fully saturated rings. The predicted octanol–water partition coefficient (Wildman–Crippen LogP) is 2.44. The van der Waals surface area contributed by atoms with E-state index in [-0.39, 0.29) is 0 Å². The third-order valence-corrected chi connectivity index (χ3v) is 2.09. The molecule has 0 aliphatic rings. The number of methoxy groups -OCH3 is 1. The molecule has 0 saturated carbocycles. The van der Waals surface area contributed by atoms with Gasteiger partial charge in [-0.2, -0.15) is 0 Å². The van der Waals surface area contributed by atoms with Crippen molar-refractivity contribution in [2.45, 2.75) is 0 Å². The summed E-state index contributed by atoms with van der Waals surface area (Å²) in [6.45, 7) is 0. The second-order valence-electron chi connectivity index (χ2n) is 1.99. The lowest BCUT2D eigenvalue weighted by molar-refractivity contribution is 0.121. The van der Waals surface area contributed by atoms with Crippen molar-refractivity contribution in [1.82, 2.24) is 0 Å². The maximum Gasteiger partial charge on any atom is 0.513 e. The number of ether oxygens (including phenoxy) is 2. The van der Waals surface area contributed by atoms with Crippen LogP contribution in [0, 0.1) is 3.57 Å². The summed E-state index contributed by atoms with van der Waals surface area (Å²) in [5.41, 5.74) is 0. The van der Waals surface area contributed by atoms with Crippen molar-refractivity contribution in [3.63, 3.8) is 0 Å². The molecule has 0 amide bonds. The highest BCUT2D eigenvalue weighted by Gasteiger charge is 2.05. The first-order valence-electron chi connectivity index (χ1n) is 3.24. The first kappa shape index (κ1) is 9.31. The van der Waals surface area contributed by atoms with Crippen molar-refractivity contribution < 1.29 is 14.3 Å². The molecule has 0 unspecified atom stereocenters. The van der Waals surface area contributed by atoms with Crippen LogP contribution in [0.2, 0.25) is 0 Å². The van der Waals surface area contributed by atoms with Crippen molar-refractivity contribution in [1.29, 1.82) is 0 Å². The van der Waals surface area contributed by atoms with Crippen molar-refractivity contribution in [2.75, 3.05) is 7.11 Å². The van der Waals surface area contributed by atoms with Gasteiger partial charge in [0, 0.05) is 0 Å². The molecule has 1 aromatic rings. The minimum atomic E-state index is -0.695. The van der Waals surface area contributed by atoms with Gasteiger partial charge in [-0.05, 0) is 34.7 Å². The molecule has 1 aromatic carbocycles. The monoisotopic (exact) mass is 278 g/mol. The number of carbonyl (C=O) groups excluding carboxylic acids is 1. The summed E-state index contributed by atoms with van der Waals surface area (Å²) in [6, 6.07) is 7.21. The fourth-order valence-electron chi connectivity index (χ4n) is 0.659. The highest BCUT2D eigenvalue weighted by Crippen LogP contribution is 2.19. The quantitative estimate of drug-likeness (QED) is 0.449. The summed E-state index contributed by atoms with van der Waals surface area (Å²) in [4.78, 5) is 10.7. The third kappa shape index (κ3) is 2.37. The van der Waals surface area contributed by atoms with E-state index in [4.69, 9.17) is 4.74 Å². The van der Waals surface area contributed by atoms with E-state index in [0.717, 1.165) is 3.57 Å². The summed E-state index contributed by atoms with van der Waals surface area (Å²) in [7, 11) is 1.28. The fraction of sp³-hybridized carbons (Fsp3) is 0.125. The Morgan fingerprint density at radius 3 is 2.67 bits per heavy atom. The zero-order valence-corrected chi connectivity index (χ0v) is 8.57. The van der Waals surface area contributed by atoms with E-state index in [0.29, 0.717) is 5.75 Å². The van der Waals surface area contributed by atoms with Crippen LogP contribution in [0.3, 0.4) is 0 Å². The number of para-hydroxylation sites is 1. The van der Waals surface area contributed by atoms with Crippen LogP contribution < -0.4 is 4.74 Å². The Hall–Kier alpha value is -0.780. The first-order valence-corrected chi connectivity index (χ1v) is 4.32. The molecular weight excluding hydrogens is 271 g/mol. The van der Waals surface area contributed by atoms with Crippen LogP contribution in [-0.4, -0.2) is 13.3 Å². The van der Waals surface area contributed by atoms with E-state index in [1.165, 1.54) is 7.11 Å². The van der Waals surface area contributed by atoms with Gasteiger partial charge in [-0.3, -0.25) is 0 Å². The molecule has 0 heterocycles. The zero-order valence-electron chi connectivity index (χ0n) is 6.41. The third-order valence-electron chi connectivity index (χ3n) is 1.20. The summed E-state index contributed by atoms with van der Waals surface area (Å²) in [5.74, 6) is 0.518. The topological polar surface area (TPSA) is 35.5 Å². The second-order valence-corrected chi connectivity index (χ2v) is 3.15. The van der Waals surface area contributed by atoms with Gasteiger partial charge in [0.05, 0.1) is 10.7 Å². The summed E-state index contributed by atoms with van der Waals surface area (Å²) >= 11 is 2.08. The van der Waals surface area contributed by atoms with Gasteiger partial charge in [0.2, 0.25) is 0 Å². The molecule has 1 rings (SSSR count). The zero-order chi connectivity index (χ0) is 8.97. The smallest absolute Gasteiger partial charge is 0.437 e. The van der Waals surface area contributed by atoms with E-state index in [1.807, 2.05) is 12.1 Å². The molecule has 64 valence electrons. The number of rotatable bonds is 1. The largest absolute Gasteiger partial charge is 0.513 e. The summed E-state index contributed by atoms with van der Waals surface area (Å²) in [6.07, 6.45) is -0.695. The Kier molecular flexibility index (Phi) is 3.33. The van der Waals surface area contributed by atoms with E-state index >= 15 is 0 Å². The molecule has 0 aliphatic carbocycles. The van der Waals surface area contributed by atoms with Gasteiger partial charge in [0.15, 0.2) is 0 Å². The molecular formula is C8H7IO3.